The Morgan fingerprint density at radius 1 is 0.298 bits per heavy atom. The van der Waals surface area contributed by atoms with Crippen molar-refractivity contribution in [2.24, 2.45) is 0 Å². The van der Waals surface area contributed by atoms with Gasteiger partial charge in [0.2, 0.25) is 0 Å². The Balaban J connectivity index is 1.21. The van der Waals surface area contributed by atoms with Crippen LogP contribution in [-0.2, 0) is 0 Å². The minimum atomic E-state index is 0.918. The van der Waals surface area contributed by atoms with E-state index in [4.69, 9.17) is 4.98 Å². The molecule has 0 saturated heterocycles. The zero-order chi connectivity index (χ0) is 37.7. The van der Waals surface area contributed by atoms with Crippen LogP contribution in [0.5, 0.6) is 0 Å². The zero-order valence-corrected chi connectivity index (χ0v) is 31.2. The van der Waals surface area contributed by atoms with E-state index in [0.29, 0.717) is 0 Å². The number of hydrogen-bond acceptors (Lipinski definition) is 1. The molecule has 0 spiro atoms. The smallest absolute Gasteiger partial charge is 0.146 e. The van der Waals surface area contributed by atoms with Gasteiger partial charge < -0.3 is 0 Å². The van der Waals surface area contributed by atoms with Gasteiger partial charge in [-0.2, -0.15) is 0 Å². The Labute approximate surface area is 331 Å². The summed E-state index contributed by atoms with van der Waals surface area (Å²) in [6.45, 7) is 0. The van der Waals surface area contributed by atoms with Crippen LogP contribution in [0, 0.1) is 0 Å². The number of para-hydroxylation sites is 1. The van der Waals surface area contributed by atoms with Crippen molar-refractivity contribution in [3.63, 3.8) is 0 Å². The van der Waals surface area contributed by atoms with E-state index in [1.807, 2.05) is 0 Å². The van der Waals surface area contributed by atoms with E-state index < -0.39 is 0 Å². The Kier molecular flexibility index (Phi) is 7.86. The Morgan fingerprint density at radius 3 is 1.35 bits per heavy atom. The molecule has 11 rings (SSSR count). The van der Waals surface area contributed by atoms with Crippen LogP contribution in [0.1, 0.15) is 0 Å². The van der Waals surface area contributed by atoms with Crippen LogP contribution in [-0.4, -0.2) is 9.55 Å². The van der Waals surface area contributed by atoms with Crippen molar-refractivity contribution in [1.82, 2.24) is 9.55 Å². The summed E-state index contributed by atoms with van der Waals surface area (Å²) in [5.41, 5.74) is 13.8. The molecule has 1 aromatic heterocycles. The van der Waals surface area contributed by atoms with Gasteiger partial charge in [0.25, 0.3) is 0 Å². The largest absolute Gasteiger partial charge is 0.292 e. The number of imidazole rings is 1. The summed E-state index contributed by atoms with van der Waals surface area (Å²) in [5, 5.41) is 7.27. The van der Waals surface area contributed by atoms with Crippen molar-refractivity contribution >= 4 is 43.4 Å². The zero-order valence-electron chi connectivity index (χ0n) is 31.2. The van der Waals surface area contributed by atoms with Crippen molar-refractivity contribution < 1.29 is 0 Å². The molecular weight excluding hydrogens is 689 g/mol. The van der Waals surface area contributed by atoms with Gasteiger partial charge in [0.1, 0.15) is 5.82 Å². The van der Waals surface area contributed by atoms with Crippen molar-refractivity contribution in [3.8, 4) is 61.6 Å². The maximum atomic E-state index is 5.60. The summed E-state index contributed by atoms with van der Waals surface area (Å²) in [6, 6.07) is 78.7. The third-order valence-corrected chi connectivity index (χ3v) is 11.4. The molecule has 0 N–H and O–H groups in total. The highest BCUT2D eigenvalue weighted by Gasteiger charge is 2.24. The normalized spacial score (nSPS) is 11.5. The molecule has 0 aliphatic heterocycles. The third kappa shape index (κ3) is 5.45. The second kappa shape index (κ2) is 13.6. The molecular formula is C55H36N2. The predicted molar refractivity (Wildman–Crippen MR) is 241 cm³/mol. The molecule has 2 heteroatoms. The van der Waals surface area contributed by atoms with Crippen LogP contribution >= 0.6 is 0 Å². The number of fused-ring (bicyclic) bond motifs is 5. The topological polar surface area (TPSA) is 17.8 Å². The van der Waals surface area contributed by atoms with Gasteiger partial charge in [0.15, 0.2) is 0 Å². The minimum Gasteiger partial charge on any atom is -0.292 e. The van der Waals surface area contributed by atoms with Gasteiger partial charge >= 0.3 is 0 Å². The van der Waals surface area contributed by atoms with Gasteiger partial charge in [-0.3, -0.25) is 4.57 Å². The van der Waals surface area contributed by atoms with Gasteiger partial charge in [0, 0.05) is 16.6 Å². The number of aromatic nitrogens is 2. The summed E-state index contributed by atoms with van der Waals surface area (Å²) in [4.78, 5) is 5.60. The lowest BCUT2D eigenvalue weighted by molar-refractivity contribution is 1.11. The van der Waals surface area contributed by atoms with E-state index in [0.717, 1.165) is 39.2 Å². The van der Waals surface area contributed by atoms with Gasteiger partial charge in [-0.25, -0.2) is 4.98 Å². The third-order valence-electron chi connectivity index (χ3n) is 11.4. The highest BCUT2D eigenvalue weighted by atomic mass is 15.1. The summed E-state index contributed by atoms with van der Waals surface area (Å²) in [5.74, 6) is 0.918. The fourth-order valence-corrected chi connectivity index (χ4v) is 8.89. The maximum absolute atomic E-state index is 5.60. The minimum absolute atomic E-state index is 0.918. The molecule has 0 atom stereocenters. The number of nitrogens with zero attached hydrogens (tertiary/aromatic N) is 2. The molecule has 0 aliphatic carbocycles. The SMILES string of the molecule is c1ccc(-c2ccc(-c3c4ccccc4c(-c4cc5nc(-c6ccccc6-c6ccccc6)n(-c6ccccc6)c5c5ccccc45)c4ccccc34)cc2)cc1. The van der Waals surface area contributed by atoms with Gasteiger partial charge in [-0.15, -0.1) is 0 Å². The lowest BCUT2D eigenvalue weighted by atomic mass is 9.84. The van der Waals surface area contributed by atoms with Gasteiger partial charge in [-0.1, -0.05) is 200 Å². The molecule has 1 heterocycles. The highest BCUT2D eigenvalue weighted by molar-refractivity contribution is 6.25. The van der Waals surface area contributed by atoms with Crippen molar-refractivity contribution in [1.29, 1.82) is 0 Å². The predicted octanol–water partition coefficient (Wildman–Crippen LogP) is 14.8. The molecule has 266 valence electrons. The molecule has 0 saturated carbocycles. The molecule has 0 bridgehead atoms. The van der Waals surface area contributed by atoms with Crippen LogP contribution in [0.3, 0.4) is 0 Å². The fourth-order valence-electron chi connectivity index (χ4n) is 8.89. The number of benzene rings is 10. The number of rotatable bonds is 6. The van der Waals surface area contributed by atoms with Gasteiger partial charge in [-0.05, 0) is 89.6 Å². The molecule has 10 aromatic carbocycles. The molecule has 0 aliphatic rings. The standard InChI is InChI=1S/C55H36N2/c1-4-18-37(19-5-1)38-32-34-40(35-33-38)52-44-26-12-14-28-46(44)53(47-29-15-13-27-45(47)52)50-36-51-54(48-30-16-11-25-43(48)50)57(41-22-8-3-9-23-41)55(56-51)49-31-17-10-24-42(49)39-20-6-2-7-21-39/h1-36H. The first kappa shape index (κ1) is 32.8. The molecule has 11 aromatic rings. The Hall–Kier alpha value is -7.55. The molecule has 0 unspecified atom stereocenters. The molecule has 2 nitrogen and oxygen atoms in total. The van der Waals surface area contributed by atoms with E-state index in [1.54, 1.807) is 0 Å². The van der Waals surface area contributed by atoms with Crippen LogP contribution in [0.2, 0.25) is 0 Å². The molecule has 0 amide bonds. The molecule has 0 radical (unpaired) electrons. The van der Waals surface area contributed by atoms with E-state index in [1.165, 1.54) is 65.7 Å². The number of hydrogen-bond donors (Lipinski definition) is 0. The van der Waals surface area contributed by atoms with Crippen LogP contribution < -0.4 is 0 Å². The second-order valence-electron chi connectivity index (χ2n) is 14.6. The first-order chi connectivity index (χ1) is 28.3. The molecule has 0 fully saturated rings. The van der Waals surface area contributed by atoms with E-state index in [2.05, 4.69) is 223 Å². The van der Waals surface area contributed by atoms with Gasteiger partial charge in [0.05, 0.1) is 11.0 Å². The van der Waals surface area contributed by atoms with Crippen LogP contribution in [0.4, 0.5) is 0 Å². The Morgan fingerprint density at radius 2 is 0.737 bits per heavy atom. The summed E-state index contributed by atoms with van der Waals surface area (Å²) >= 11 is 0. The second-order valence-corrected chi connectivity index (χ2v) is 14.6. The first-order valence-corrected chi connectivity index (χ1v) is 19.6. The summed E-state index contributed by atoms with van der Waals surface area (Å²) in [7, 11) is 0. The maximum Gasteiger partial charge on any atom is 0.146 e. The molecule has 57 heavy (non-hydrogen) atoms. The van der Waals surface area contributed by atoms with Crippen LogP contribution in [0.15, 0.2) is 218 Å². The highest BCUT2D eigenvalue weighted by Crippen LogP contribution is 2.47. The monoisotopic (exact) mass is 724 g/mol. The fraction of sp³-hybridized carbons (Fsp3) is 0. The van der Waals surface area contributed by atoms with Crippen LogP contribution in [0.25, 0.3) is 105 Å². The van der Waals surface area contributed by atoms with E-state index in [9.17, 15) is 0 Å². The van der Waals surface area contributed by atoms with Crippen molar-refractivity contribution in [3.05, 3.63) is 218 Å². The first-order valence-electron chi connectivity index (χ1n) is 19.6. The van der Waals surface area contributed by atoms with E-state index in [-0.39, 0.29) is 0 Å². The average molecular weight is 725 g/mol. The summed E-state index contributed by atoms with van der Waals surface area (Å²) < 4.78 is 2.36. The lowest BCUT2D eigenvalue weighted by Gasteiger charge is -2.19. The lowest BCUT2D eigenvalue weighted by Crippen LogP contribution is -1.99. The Bertz CT molecular complexity index is 3200. The van der Waals surface area contributed by atoms with Crippen molar-refractivity contribution in [2.45, 2.75) is 0 Å². The van der Waals surface area contributed by atoms with E-state index >= 15 is 0 Å². The van der Waals surface area contributed by atoms with Crippen molar-refractivity contribution in [2.75, 3.05) is 0 Å². The summed E-state index contributed by atoms with van der Waals surface area (Å²) in [6.07, 6.45) is 0. The quantitative estimate of drug-likeness (QED) is 0.156. The average Bonchev–Trinajstić information content (AvgIpc) is 3.69.